The number of methoxy groups -OCH3 is 1. The number of hydrogen-bond acceptors (Lipinski definition) is 7. The van der Waals surface area contributed by atoms with E-state index >= 15 is 0 Å². The number of hydrogen-bond donors (Lipinski definition) is 0. The van der Waals surface area contributed by atoms with Gasteiger partial charge in [0.2, 0.25) is 0 Å². The largest absolute Gasteiger partial charge is 0.493 e. The van der Waals surface area contributed by atoms with Crippen molar-refractivity contribution in [3.8, 4) is 11.5 Å². The second-order valence-electron chi connectivity index (χ2n) is 6.57. The SMILES string of the molecule is C=CCOc1ccc(C(=O)N2CCN(c3nc4cccnc4s3)CC2)cc1OC. The summed E-state index contributed by atoms with van der Waals surface area (Å²) in [6, 6.07) is 9.13. The van der Waals surface area contributed by atoms with Gasteiger partial charge < -0.3 is 19.3 Å². The molecule has 0 radical (unpaired) electrons. The maximum atomic E-state index is 12.9. The molecule has 0 N–H and O–H groups in total. The lowest BCUT2D eigenvalue weighted by atomic mass is 10.1. The maximum absolute atomic E-state index is 12.9. The number of aromatic nitrogens is 2. The lowest BCUT2D eigenvalue weighted by Crippen LogP contribution is -2.48. The minimum Gasteiger partial charge on any atom is -0.493 e. The molecule has 2 aromatic heterocycles. The molecule has 3 aromatic rings. The molecule has 1 aromatic carbocycles. The van der Waals surface area contributed by atoms with Gasteiger partial charge in [-0.2, -0.15) is 0 Å². The van der Waals surface area contributed by atoms with Crippen molar-refractivity contribution in [2.24, 2.45) is 0 Å². The van der Waals surface area contributed by atoms with Crippen LogP contribution in [0, 0.1) is 0 Å². The maximum Gasteiger partial charge on any atom is 0.254 e. The zero-order chi connectivity index (χ0) is 20.2. The van der Waals surface area contributed by atoms with E-state index in [4.69, 9.17) is 9.47 Å². The fraction of sp³-hybridized carbons (Fsp3) is 0.286. The van der Waals surface area contributed by atoms with Crippen molar-refractivity contribution >= 4 is 32.7 Å². The number of rotatable bonds is 6. The highest BCUT2D eigenvalue weighted by Gasteiger charge is 2.24. The molecule has 0 spiro atoms. The van der Waals surface area contributed by atoms with Crippen molar-refractivity contribution in [2.75, 3.05) is 44.8 Å². The zero-order valence-electron chi connectivity index (χ0n) is 16.2. The Morgan fingerprint density at radius 1 is 1.24 bits per heavy atom. The van der Waals surface area contributed by atoms with Gasteiger partial charge in [0.05, 0.1) is 7.11 Å². The van der Waals surface area contributed by atoms with Crippen LogP contribution in [0.3, 0.4) is 0 Å². The third-order valence-corrected chi connectivity index (χ3v) is 5.80. The van der Waals surface area contributed by atoms with E-state index in [2.05, 4.69) is 21.4 Å². The monoisotopic (exact) mass is 410 g/mol. The molecular weight excluding hydrogens is 388 g/mol. The van der Waals surface area contributed by atoms with E-state index in [1.807, 2.05) is 17.0 Å². The van der Waals surface area contributed by atoms with Crippen LogP contribution in [0.15, 0.2) is 49.2 Å². The zero-order valence-corrected chi connectivity index (χ0v) is 17.0. The minimum absolute atomic E-state index is 0.0100. The predicted octanol–water partition coefficient (Wildman–Crippen LogP) is 3.23. The van der Waals surface area contributed by atoms with Crippen LogP contribution in [-0.2, 0) is 0 Å². The number of piperazine rings is 1. The molecule has 0 bridgehead atoms. The van der Waals surface area contributed by atoms with Crippen molar-refractivity contribution in [2.45, 2.75) is 0 Å². The Morgan fingerprint density at radius 3 is 2.79 bits per heavy atom. The minimum atomic E-state index is -0.0100. The predicted molar refractivity (Wildman–Crippen MR) is 114 cm³/mol. The molecule has 0 saturated carbocycles. The van der Waals surface area contributed by atoms with Crippen molar-refractivity contribution in [1.82, 2.24) is 14.9 Å². The highest BCUT2D eigenvalue weighted by atomic mass is 32.1. The number of carbonyl (C=O) groups excluding carboxylic acids is 1. The van der Waals surface area contributed by atoms with E-state index in [1.165, 1.54) is 0 Å². The first kappa shape index (κ1) is 19.2. The number of ether oxygens (including phenoxy) is 2. The molecule has 29 heavy (non-hydrogen) atoms. The van der Waals surface area contributed by atoms with E-state index in [9.17, 15) is 4.79 Å². The summed E-state index contributed by atoms with van der Waals surface area (Å²) < 4.78 is 10.9. The molecule has 0 atom stereocenters. The summed E-state index contributed by atoms with van der Waals surface area (Å²) in [4.78, 5) is 27.0. The number of anilines is 1. The summed E-state index contributed by atoms with van der Waals surface area (Å²) in [6.07, 6.45) is 3.45. The number of nitrogens with zero attached hydrogens (tertiary/aromatic N) is 4. The first-order valence-electron chi connectivity index (χ1n) is 9.37. The van der Waals surface area contributed by atoms with Crippen LogP contribution in [0.25, 0.3) is 10.3 Å². The third-order valence-electron chi connectivity index (χ3n) is 4.76. The number of amides is 1. The Balaban J connectivity index is 1.42. The number of pyridine rings is 1. The summed E-state index contributed by atoms with van der Waals surface area (Å²) in [5, 5.41) is 0.955. The Kier molecular flexibility index (Phi) is 5.62. The highest BCUT2D eigenvalue weighted by Crippen LogP contribution is 2.30. The lowest BCUT2D eigenvalue weighted by Gasteiger charge is -2.34. The van der Waals surface area contributed by atoms with Gasteiger partial charge in [-0.3, -0.25) is 4.79 Å². The molecule has 0 aliphatic carbocycles. The van der Waals surface area contributed by atoms with Crippen LogP contribution in [0.2, 0.25) is 0 Å². The van der Waals surface area contributed by atoms with E-state index < -0.39 is 0 Å². The average molecular weight is 410 g/mol. The Labute approximate surface area is 173 Å². The fourth-order valence-electron chi connectivity index (χ4n) is 3.25. The Hall–Kier alpha value is -3.13. The number of carbonyl (C=O) groups is 1. The third kappa shape index (κ3) is 4.02. The fourth-order valence-corrected chi connectivity index (χ4v) is 4.21. The number of fused-ring (bicyclic) bond motifs is 1. The summed E-state index contributed by atoms with van der Waals surface area (Å²) in [7, 11) is 1.57. The van der Waals surface area contributed by atoms with Gasteiger partial charge in [-0.05, 0) is 30.3 Å². The molecule has 7 nitrogen and oxygen atoms in total. The molecule has 8 heteroatoms. The van der Waals surface area contributed by atoms with E-state index in [0.29, 0.717) is 36.8 Å². The number of benzene rings is 1. The van der Waals surface area contributed by atoms with E-state index in [1.54, 1.807) is 48.9 Å². The summed E-state index contributed by atoms with van der Waals surface area (Å²) >= 11 is 1.59. The van der Waals surface area contributed by atoms with Gasteiger partial charge >= 0.3 is 0 Å². The first-order chi connectivity index (χ1) is 14.2. The molecular formula is C21H22N4O3S. The second-order valence-corrected chi connectivity index (χ2v) is 7.52. The summed E-state index contributed by atoms with van der Waals surface area (Å²) in [6.45, 7) is 6.78. The van der Waals surface area contributed by atoms with Gasteiger partial charge in [-0.25, -0.2) is 9.97 Å². The topological polar surface area (TPSA) is 67.8 Å². The number of thiazole rings is 1. The van der Waals surface area contributed by atoms with Gasteiger partial charge in [0, 0.05) is 37.9 Å². The van der Waals surface area contributed by atoms with Gasteiger partial charge in [0.15, 0.2) is 16.6 Å². The quantitative estimate of drug-likeness (QED) is 0.581. The standard InChI is InChI=1S/C21H22N4O3S/c1-3-13-28-17-7-6-15(14-18(17)27-2)20(26)24-9-11-25(12-10-24)21-23-16-5-4-8-22-19(16)29-21/h3-8,14H,1,9-13H2,2H3. The second kappa shape index (κ2) is 8.48. The molecule has 1 saturated heterocycles. The van der Waals surface area contributed by atoms with Crippen LogP contribution in [0.5, 0.6) is 11.5 Å². The smallest absolute Gasteiger partial charge is 0.254 e. The molecule has 1 fully saturated rings. The van der Waals surface area contributed by atoms with Crippen molar-refractivity contribution in [3.63, 3.8) is 0 Å². The molecule has 0 unspecified atom stereocenters. The van der Waals surface area contributed by atoms with Gasteiger partial charge in [-0.1, -0.05) is 24.0 Å². The van der Waals surface area contributed by atoms with Crippen molar-refractivity contribution in [3.05, 3.63) is 54.7 Å². The van der Waals surface area contributed by atoms with Crippen molar-refractivity contribution < 1.29 is 14.3 Å². The Bertz CT molecular complexity index is 995. The normalized spacial score (nSPS) is 14.1. The highest BCUT2D eigenvalue weighted by molar-refractivity contribution is 7.21. The van der Waals surface area contributed by atoms with E-state index in [-0.39, 0.29) is 5.91 Å². The first-order valence-corrected chi connectivity index (χ1v) is 10.2. The molecule has 1 aliphatic heterocycles. The van der Waals surface area contributed by atoms with Crippen LogP contribution >= 0.6 is 11.3 Å². The van der Waals surface area contributed by atoms with Gasteiger partial charge in [0.25, 0.3) is 5.91 Å². The summed E-state index contributed by atoms with van der Waals surface area (Å²) in [5.74, 6) is 1.13. The van der Waals surface area contributed by atoms with Gasteiger partial charge in [-0.15, -0.1) is 0 Å². The Morgan fingerprint density at radius 2 is 2.07 bits per heavy atom. The molecule has 1 aliphatic rings. The van der Waals surface area contributed by atoms with Gasteiger partial charge in [0.1, 0.15) is 17.0 Å². The van der Waals surface area contributed by atoms with Crippen molar-refractivity contribution in [1.29, 1.82) is 0 Å². The lowest BCUT2D eigenvalue weighted by molar-refractivity contribution is 0.0746. The molecule has 3 heterocycles. The summed E-state index contributed by atoms with van der Waals surface area (Å²) in [5.41, 5.74) is 1.50. The van der Waals surface area contributed by atoms with Crippen LogP contribution in [0.1, 0.15) is 10.4 Å². The molecule has 1 amide bonds. The average Bonchev–Trinajstić information content (AvgIpc) is 3.21. The van der Waals surface area contributed by atoms with Crippen LogP contribution in [-0.4, -0.2) is 60.7 Å². The molecule has 4 rings (SSSR count). The molecule has 150 valence electrons. The van der Waals surface area contributed by atoms with Crippen LogP contribution in [0.4, 0.5) is 5.13 Å². The van der Waals surface area contributed by atoms with Crippen LogP contribution < -0.4 is 14.4 Å². The van der Waals surface area contributed by atoms with E-state index in [0.717, 1.165) is 28.6 Å².